The highest BCUT2D eigenvalue weighted by molar-refractivity contribution is 5.92. The van der Waals surface area contributed by atoms with Gasteiger partial charge in [-0.15, -0.1) is 0 Å². The van der Waals surface area contributed by atoms with Gasteiger partial charge < -0.3 is 5.32 Å². The molecule has 3 aromatic rings. The highest BCUT2D eigenvalue weighted by Crippen LogP contribution is 2.27. The van der Waals surface area contributed by atoms with Crippen LogP contribution in [0.3, 0.4) is 0 Å². The summed E-state index contributed by atoms with van der Waals surface area (Å²) in [5.41, 5.74) is 4.94. The van der Waals surface area contributed by atoms with E-state index in [4.69, 9.17) is 0 Å². The molecule has 0 unspecified atom stereocenters. The summed E-state index contributed by atoms with van der Waals surface area (Å²) < 4.78 is 0. The zero-order valence-electron chi connectivity index (χ0n) is 12.4. The van der Waals surface area contributed by atoms with Gasteiger partial charge in [-0.1, -0.05) is 18.2 Å². The van der Waals surface area contributed by atoms with Gasteiger partial charge in [-0.3, -0.25) is 10.1 Å². The van der Waals surface area contributed by atoms with E-state index in [1.54, 1.807) is 6.07 Å². The van der Waals surface area contributed by atoms with Crippen molar-refractivity contribution in [2.24, 2.45) is 0 Å². The first-order valence-corrected chi connectivity index (χ1v) is 6.98. The van der Waals surface area contributed by atoms with Crippen LogP contribution in [0.25, 0.3) is 10.9 Å². The molecule has 5 nitrogen and oxygen atoms in total. The summed E-state index contributed by atoms with van der Waals surface area (Å²) in [7, 11) is 0. The van der Waals surface area contributed by atoms with Crippen molar-refractivity contribution in [3.8, 4) is 0 Å². The third-order valence-electron chi connectivity index (χ3n) is 3.58. The molecule has 2 N–H and O–H groups in total. The molecule has 0 aliphatic rings. The Kier molecular flexibility index (Phi) is 3.47. The zero-order valence-corrected chi connectivity index (χ0v) is 12.4. The normalized spacial score (nSPS) is 10.6. The van der Waals surface area contributed by atoms with E-state index in [0.717, 1.165) is 27.8 Å². The fraction of sp³-hybridized carbons (Fsp3) is 0.118. The van der Waals surface area contributed by atoms with Gasteiger partial charge in [0, 0.05) is 36.4 Å². The summed E-state index contributed by atoms with van der Waals surface area (Å²) in [6.45, 7) is 4.04. The van der Waals surface area contributed by atoms with Crippen molar-refractivity contribution in [1.82, 2.24) is 0 Å². The van der Waals surface area contributed by atoms with Crippen LogP contribution in [0, 0.1) is 24.0 Å². The molecule has 2 aromatic carbocycles. The van der Waals surface area contributed by atoms with E-state index >= 15 is 0 Å². The standard InChI is InChI=1S/C17H15N3O2/c1-11-5-3-8-15-16(9-12(2)18-17(11)15)19-13-6-4-7-14(10-13)20(21)22/h3-10H,1-2H3,(H,18,19)/p+1. The lowest BCUT2D eigenvalue weighted by molar-refractivity contribution is -0.384. The number of anilines is 2. The van der Waals surface area contributed by atoms with Crippen molar-refractivity contribution < 1.29 is 9.91 Å². The second-order valence-electron chi connectivity index (χ2n) is 5.30. The molecule has 5 heteroatoms. The lowest BCUT2D eigenvalue weighted by Crippen LogP contribution is -2.11. The van der Waals surface area contributed by atoms with Crippen molar-refractivity contribution in [2.75, 3.05) is 5.32 Å². The van der Waals surface area contributed by atoms with Crippen LogP contribution in [0.4, 0.5) is 17.1 Å². The Labute approximate surface area is 127 Å². The monoisotopic (exact) mass is 294 g/mol. The summed E-state index contributed by atoms with van der Waals surface area (Å²) in [4.78, 5) is 13.9. The van der Waals surface area contributed by atoms with Crippen LogP contribution in [-0.4, -0.2) is 4.92 Å². The van der Waals surface area contributed by atoms with Crippen molar-refractivity contribution in [1.29, 1.82) is 0 Å². The van der Waals surface area contributed by atoms with E-state index in [0.29, 0.717) is 5.69 Å². The number of hydrogen-bond donors (Lipinski definition) is 1. The molecule has 22 heavy (non-hydrogen) atoms. The molecule has 0 aliphatic carbocycles. The fourth-order valence-electron chi connectivity index (χ4n) is 2.54. The molecule has 0 radical (unpaired) electrons. The van der Waals surface area contributed by atoms with E-state index < -0.39 is 4.92 Å². The van der Waals surface area contributed by atoms with Crippen LogP contribution in [0.15, 0.2) is 48.5 Å². The number of pyridine rings is 1. The van der Waals surface area contributed by atoms with Crippen LogP contribution in [0.1, 0.15) is 11.3 Å². The fourth-order valence-corrected chi connectivity index (χ4v) is 2.54. The minimum Gasteiger partial charge on any atom is -0.354 e. The summed E-state index contributed by atoms with van der Waals surface area (Å²) in [6.07, 6.45) is 0. The Morgan fingerprint density at radius 1 is 1.09 bits per heavy atom. The molecule has 110 valence electrons. The highest BCUT2D eigenvalue weighted by Gasteiger charge is 2.12. The number of fused-ring (bicyclic) bond motifs is 1. The Morgan fingerprint density at radius 2 is 1.86 bits per heavy atom. The number of rotatable bonds is 3. The number of para-hydroxylation sites is 1. The van der Waals surface area contributed by atoms with Gasteiger partial charge >= 0.3 is 0 Å². The molecule has 0 bridgehead atoms. The van der Waals surface area contributed by atoms with Gasteiger partial charge in [0.25, 0.3) is 5.69 Å². The van der Waals surface area contributed by atoms with Crippen molar-refractivity contribution in [3.05, 3.63) is 69.9 Å². The molecule has 0 aliphatic heterocycles. The Bertz CT molecular complexity index is 875. The second kappa shape index (κ2) is 5.44. The molecule has 1 aromatic heterocycles. The average Bonchev–Trinajstić information content (AvgIpc) is 2.48. The Balaban J connectivity index is 2.09. The summed E-state index contributed by atoms with van der Waals surface area (Å²) in [5.74, 6) is 0. The largest absolute Gasteiger partial charge is 0.354 e. The smallest absolute Gasteiger partial charge is 0.271 e. The number of nitro benzene ring substituents is 1. The molecule has 0 amide bonds. The molecule has 0 atom stereocenters. The van der Waals surface area contributed by atoms with E-state index in [-0.39, 0.29) is 5.69 Å². The molecule has 3 rings (SSSR count). The summed E-state index contributed by atoms with van der Waals surface area (Å²) in [5, 5.41) is 15.2. The third-order valence-corrected chi connectivity index (χ3v) is 3.58. The number of nitrogens with one attached hydrogen (secondary N) is 2. The van der Waals surface area contributed by atoms with Gasteiger partial charge in [-0.05, 0) is 19.1 Å². The number of benzene rings is 2. The number of aryl methyl sites for hydroxylation is 2. The van der Waals surface area contributed by atoms with Gasteiger partial charge in [0.15, 0.2) is 5.69 Å². The molecule has 0 fully saturated rings. The third kappa shape index (κ3) is 2.61. The number of non-ortho nitro benzene ring substituents is 1. The SMILES string of the molecule is Cc1cc(Nc2cccc([N+](=O)[O-])c2)c2cccc(C)c2[nH+]1. The number of aromatic nitrogens is 1. The van der Waals surface area contributed by atoms with Crippen LogP contribution in [0.5, 0.6) is 0 Å². The topological polar surface area (TPSA) is 69.3 Å². The van der Waals surface area contributed by atoms with Crippen LogP contribution in [0.2, 0.25) is 0 Å². The maximum absolute atomic E-state index is 10.9. The molecular weight excluding hydrogens is 278 g/mol. The number of H-pyrrole nitrogens is 1. The average molecular weight is 294 g/mol. The first-order valence-electron chi connectivity index (χ1n) is 6.98. The van der Waals surface area contributed by atoms with Crippen molar-refractivity contribution in [3.63, 3.8) is 0 Å². The predicted molar refractivity (Wildman–Crippen MR) is 86.4 cm³/mol. The first kappa shape index (κ1) is 14.0. The minimum absolute atomic E-state index is 0.0738. The predicted octanol–water partition coefficient (Wildman–Crippen LogP) is 3.92. The Hall–Kier alpha value is -2.95. The maximum Gasteiger partial charge on any atom is 0.271 e. The van der Waals surface area contributed by atoms with Crippen LogP contribution in [-0.2, 0) is 0 Å². The van der Waals surface area contributed by atoms with Crippen molar-refractivity contribution >= 4 is 28.0 Å². The second-order valence-corrected chi connectivity index (χ2v) is 5.30. The van der Waals surface area contributed by atoms with E-state index in [2.05, 4.69) is 23.3 Å². The quantitative estimate of drug-likeness (QED) is 0.588. The van der Waals surface area contributed by atoms with Crippen molar-refractivity contribution in [2.45, 2.75) is 13.8 Å². The summed E-state index contributed by atoms with van der Waals surface area (Å²) >= 11 is 0. The minimum atomic E-state index is -0.391. The van der Waals surface area contributed by atoms with Gasteiger partial charge in [-0.25, -0.2) is 4.98 Å². The molecule has 1 heterocycles. The first-order chi connectivity index (χ1) is 10.5. The molecule has 0 spiro atoms. The summed E-state index contributed by atoms with van der Waals surface area (Å²) in [6, 6.07) is 14.6. The van der Waals surface area contributed by atoms with Gasteiger partial charge in [-0.2, -0.15) is 0 Å². The number of aromatic amines is 1. The molecule has 0 saturated carbocycles. The zero-order chi connectivity index (χ0) is 15.7. The van der Waals surface area contributed by atoms with E-state index in [9.17, 15) is 10.1 Å². The molecule has 0 saturated heterocycles. The lowest BCUT2D eigenvalue weighted by atomic mass is 10.1. The van der Waals surface area contributed by atoms with E-state index in [1.165, 1.54) is 12.1 Å². The van der Waals surface area contributed by atoms with Gasteiger partial charge in [0.1, 0.15) is 0 Å². The number of hydrogen-bond acceptors (Lipinski definition) is 3. The highest BCUT2D eigenvalue weighted by atomic mass is 16.6. The molecular formula is C17H16N3O2+. The number of nitrogens with zero attached hydrogens (tertiary/aromatic N) is 1. The maximum atomic E-state index is 10.9. The van der Waals surface area contributed by atoms with Crippen LogP contribution >= 0.6 is 0 Å². The Morgan fingerprint density at radius 3 is 2.64 bits per heavy atom. The van der Waals surface area contributed by atoms with E-state index in [1.807, 2.05) is 31.2 Å². The van der Waals surface area contributed by atoms with Gasteiger partial charge in [0.2, 0.25) is 5.52 Å². The van der Waals surface area contributed by atoms with Crippen LogP contribution < -0.4 is 10.3 Å². The number of nitro groups is 1. The lowest BCUT2D eigenvalue weighted by Gasteiger charge is -2.09. The van der Waals surface area contributed by atoms with Gasteiger partial charge in [0.05, 0.1) is 16.0 Å².